The number of nitrogens with one attached hydrogen (secondary N) is 1. The van der Waals surface area contributed by atoms with Crippen molar-refractivity contribution in [2.75, 3.05) is 18.4 Å². The zero-order valence-corrected chi connectivity index (χ0v) is 14.2. The van der Waals surface area contributed by atoms with Crippen LogP contribution in [-0.4, -0.2) is 44.6 Å². The maximum absolute atomic E-state index is 12.2. The molecule has 2 amide bonds. The zero-order chi connectivity index (χ0) is 17.4. The van der Waals surface area contributed by atoms with Crippen LogP contribution < -0.4 is 5.32 Å². The van der Waals surface area contributed by atoms with E-state index in [0.717, 1.165) is 19.3 Å². The number of carbonyl (C=O) groups is 2. The van der Waals surface area contributed by atoms with Crippen LogP contribution in [0.25, 0.3) is 0 Å². The van der Waals surface area contributed by atoms with Crippen LogP contribution in [0.1, 0.15) is 30.0 Å². The van der Waals surface area contributed by atoms with Crippen molar-refractivity contribution in [1.82, 2.24) is 19.7 Å². The number of carbonyl (C=O) groups excluding carboxylic acids is 2. The Hall–Kier alpha value is -2.70. The Morgan fingerprint density at radius 2 is 2.00 bits per heavy atom. The lowest BCUT2D eigenvalue weighted by Gasteiger charge is -2.39. The minimum atomic E-state index is -0.664. The Morgan fingerprint density at radius 1 is 1.24 bits per heavy atom. The standard InChI is InChI=1S/C18H21N5O2/c1-12-4-2-3-5-14(12)8-13-9-22(10-13)17(25)16(24)20-18-19-11-23(21-18)15-6-7-15/h2-5,11,13,15H,6-10H2,1H3,(H,20,21,24). The summed E-state index contributed by atoms with van der Waals surface area (Å²) in [5, 5.41) is 6.68. The minimum Gasteiger partial charge on any atom is -0.334 e. The Kier molecular flexibility index (Phi) is 3.99. The molecule has 1 aliphatic heterocycles. The topological polar surface area (TPSA) is 80.1 Å². The number of benzene rings is 1. The molecule has 2 aliphatic rings. The van der Waals surface area contributed by atoms with E-state index in [9.17, 15) is 9.59 Å². The van der Waals surface area contributed by atoms with E-state index < -0.39 is 11.8 Å². The molecule has 2 aromatic rings. The maximum Gasteiger partial charge on any atom is 0.316 e. The minimum absolute atomic E-state index is 0.197. The second kappa shape index (κ2) is 6.31. The second-order valence-corrected chi connectivity index (χ2v) is 6.94. The molecule has 1 saturated carbocycles. The Balaban J connectivity index is 1.27. The first-order chi connectivity index (χ1) is 12.1. The first-order valence-electron chi connectivity index (χ1n) is 8.66. The molecule has 4 rings (SSSR count). The van der Waals surface area contributed by atoms with Gasteiger partial charge in [-0.05, 0) is 43.2 Å². The molecule has 0 bridgehead atoms. The lowest BCUT2D eigenvalue weighted by molar-refractivity contribution is -0.147. The Labute approximate surface area is 146 Å². The van der Waals surface area contributed by atoms with Gasteiger partial charge in [0.1, 0.15) is 6.33 Å². The highest BCUT2D eigenvalue weighted by molar-refractivity contribution is 6.39. The van der Waals surface area contributed by atoms with Gasteiger partial charge in [-0.15, -0.1) is 5.10 Å². The van der Waals surface area contributed by atoms with E-state index in [0.29, 0.717) is 25.0 Å². The monoisotopic (exact) mass is 339 g/mol. The number of nitrogens with zero attached hydrogens (tertiary/aromatic N) is 4. The average Bonchev–Trinajstić information content (AvgIpc) is 3.31. The third-order valence-corrected chi connectivity index (χ3v) is 4.86. The van der Waals surface area contributed by atoms with Crippen molar-refractivity contribution in [2.24, 2.45) is 5.92 Å². The Bertz CT molecular complexity index is 805. The fourth-order valence-electron chi connectivity index (χ4n) is 3.16. The summed E-state index contributed by atoms with van der Waals surface area (Å²) in [5.74, 6) is -0.570. The Morgan fingerprint density at radius 3 is 2.72 bits per heavy atom. The fourth-order valence-corrected chi connectivity index (χ4v) is 3.16. The van der Waals surface area contributed by atoms with E-state index in [4.69, 9.17) is 0 Å². The van der Waals surface area contributed by atoms with Gasteiger partial charge in [0.05, 0.1) is 6.04 Å². The number of amides is 2. The van der Waals surface area contributed by atoms with Crippen molar-refractivity contribution >= 4 is 17.8 Å². The molecule has 130 valence electrons. The van der Waals surface area contributed by atoms with Crippen LogP contribution in [0.15, 0.2) is 30.6 Å². The van der Waals surface area contributed by atoms with Crippen molar-refractivity contribution < 1.29 is 9.59 Å². The quantitative estimate of drug-likeness (QED) is 0.857. The highest BCUT2D eigenvalue weighted by Gasteiger charge is 2.34. The van der Waals surface area contributed by atoms with Crippen molar-refractivity contribution in [3.8, 4) is 0 Å². The summed E-state index contributed by atoms with van der Waals surface area (Å²) >= 11 is 0. The lowest BCUT2D eigenvalue weighted by atomic mass is 9.90. The molecule has 25 heavy (non-hydrogen) atoms. The summed E-state index contributed by atoms with van der Waals surface area (Å²) in [4.78, 5) is 29.9. The van der Waals surface area contributed by atoms with Gasteiger partial charge in [0.25, 0.3) is 0 Å². The highest BCUT2D eigenvalue weighted by atomic mass is 16.2. The van der Waals surface area contributed by atoms with Crippen LogP contribution in [0.3, 0.4) is 0 Å². The third kappa shape index (κ3) is 3.40. The van der Waals surface area contributed by atoms with Crippen LogP contribution in [0.4, 0.5) is 5.95 Å². The molecule has 1 N–H and O–H groups in total. The van der Waals surface area contributed by atoms with Crippen molar-refractivity contribution in [3.63, 3.8) is 0 Å². The molecule has 0 spiro atoms. The smallest absolute Gasteiger partial charge is 0.316 e. The molecule has 1 aliphatic carbocycles. The van der Waals surface area contributed by atoms with Crippen molar-refractivity contribution in [2.45, 2.75) is 32.2 Å². The van der Waals surface area contributed by atoms with Crippen molar-refractivity contribution in [1.29, 1.82) is 0 Å². The van der Waals surface area contributed by atoms with Gasteiger partial charge in [-0.3, -0.25) is 14.9 Å². The first-order valence-corrected chi connectivity index (χ1v) is 8.66. The molecule has 0 unspecified atom stereocenters. The predicted octanol–water partition coefficient (Wildman–Crippen LogP) is 1.56. The van der Waals surface area contributed by atoms with Crippen LogP contribution in [-0.2, 0) is 16.0 Å². The van der Waals surface area contributed by atoms with E-state index in [-0.39, 0.29) is 5.95 Å². The number of likely N-dealkylation sites (tertiary alicyclic amines) is 1. The van der Waals surface area contributed by atoms with Crippen LogP contribution in [0.2, 0.25) is 0 Å². The van der Waals surface area contributed by atoms with Gasteiger partial charge in [-0.2, -0.15) is 0 Å². The largest absolute Gasteiger partial charge is 0.334 e. The van der Waals surface area contributed by atoms with E-state index in [1.54, 1.807) is 15.9 Å². The molecule has 2 fully saturated rings. The molecule has 7 nitrogen and oxygen atoms in total. The second-order valence-electron chi connectivity index (χ2n) is 6.94. The number of rotatable bonds is 4. The molecule has 1 aromatic carbocycles. The number of hydrogen-bond acceptors (Lipinski definition) is 4. The van der Waals surface area contributed by atoms with Gasteiger partial charge in [0.15, 0.2) is 0 Å². The predicted molar refractivity (Wildman–Crippen MR) is 91.9 cm³/mol. The van der Waals surface area contributed by atoms with Crippen LogP contribution in [0, 0.1) is 12.8 Å². The summed E-state index contributed by atoms with van der Waals surface area (Å²) in [7, 11) is 0. The van der Waals surface area contributed by atoms with Gasteiger partial charge in [-0.1, -0.05) is 24.3 Å². The van der Waals surface area contributed by atoms with Gasteiger partial charge >= 0.3 is 11.8 Å². The highest BCUT2D eigenvalue weighted by Crippen LogP contribution is 2.33. The van der Waals surface area contributed by atoms with Crippen molar-refractivity contribution in [3.05, 3.63) is 41.7 Å². The van der Waals surface area contributed by atoms with E-state index in [1.807, 2.05) is 12.1 Å². The van der Waals surface area contributed by atoms with Crippen LogP contribution >= 0.6 is 0 Å². The van der Waals surface area contributed by atoms with Crippen LogP contribution in [0.5, 0.6) is 0 Å². The summed E-state index contributed by atoms with van der Waals surface area (Å²) in [6, 6.07) is 8.67. The fraction of sp³-hybridized carbons (Fsp3) is 0.444. The molecule has 1 aromatic heterocycles. The first kappa shape index (κ1) is 15.8. The molecule has 2 heterocycles. The summed E-state index contributed by atoms with van der Waals surface area (Å²) in [6.07, 6.45) is 4.71. The average molecular weight is 339 g/mol. The summed E-state index contributed by atoms with van der Waals surface area (Å²) < 4.78 is 1.74. The van der Waals surface area contributed by atoms with Gasteiger partial charge in [0, 0.05) is 13.1 Å². The lowest BCUT2D eigenvalue weighted by Crippen LogP contribution is -2.54. The third-order valence-electron chi connectivity index (χ3n) is 4.86. The number of hydrogen-bond donors (Lipinski definition) is 1. The normalized spacial score (nSPS) is 17.2. The summed E-state index contributed by atoms with van der Waals surface area (Å²) in [5.41, 5.74) is 2.57. The molecular formula is C18H21N5O2. The van der Waals surface area contributed by atoms with Gasteiger partial charge < -0.3 is 4.90 Å². The maximum atomic E-state index is 12.2. The molecule has 0 atom stereocenters. The number of anilines is 1. The summed E-state index contributed by atoms with van der Waals surface area (Å²) in [6.45, 7) is 3.33. The van der Waals surface area contributed by atoms with Gasteiger partial charge in [-0.25, -0.2) is 9.67 Å². The van der Waals surface area contributed by atoms with E-state index in [2.05, 4.69) is 34.5 Å². The number of aromatic nitrogens is 3. The zero-order valence-electron chi connectivity index (χ0n) is 14.2. The molecule has 7 heteroatoms. The van der Waals surface area contributed by atoms with E-state index in [1.165, 1.54) is 11.1 Å². The number of aryl methyl sites for hydroxylation is 1. The molecule has 1 saturated heterocycles. The molecular weight excluding hydrogens is 318 g/mol. The molecule has 0 radical (unpaired) electrons. The van der Waals surface area contributed by atoms with E-state index >= 15 is 0 Å². The SMILES string of the molecule is Cc1ccccc1CC1CN(C(=O)C(=O)Nc2ncn(C3CC3)n2)C1. The van der Waals surface area contributed by atoms with Gasteiger partial charge in [0.2, 0.25) is 5.95 Å².